The van der Waals surface area contributed by atoms with Gasteiger partial charge >= 0.3 is 0 Å². The van der Waals surface area contributed by atoms with Crippen LogP contribution in [-0.4, -0.2) is 65.7 Å². The van der Waals surface area contributed by atoms with Gasteiger partial charge in [-0.25, -0.2) is 13.5 Å². The van der Waals surface area contributed by atoms with Crippen molar-refractivity contribution in [1.82, 2.24) is 20.0 Å². The molecule has 0 radical (unpaired) electrons. The largest absolute Gasteiger partial charge is 0.394 e. The molecule has 1 aromatic carbocycles. The fraction of sp³-hybridized carbons (Fsp3) is 0.300. The van der Waals surface area contributed by atoms with Gasteiger partial charge in [0.15, 0.2) is 0 Å². The maximum Gasteiger partial charge on any atom is 0.144 e. The van der Waals surface area contributed by atoms with Crippen LogP contribution in [0.5, 0.6) is 0 Å². The predicted molar refractivity (Wildman–Crippen MR) is 112 cm³/mol. The van der Waals surface area contributed by atoms with Crippen LogP contribution in [0.15, 0.2) is 41.7 Å². The zero-order chi connectivity index (χ0) is 23.7. The van der Waals surface area contributed by atoms with E-state index in [1.54, 1.807) is 6.07 Å². The Morgan fingerprint density at radius 1 is 1.18 bits per heavy atom. The first kappa shape index (κ1) is 23.5. The number of hydrogen-bond acceptors (Lipinski definition) is 9. The van der Waals surface area contributed by atoms with Gasteiger partial charge in [-0.1, -0.05) is 28.6 Å². The molecule has 1 aliphatic heterocycles. The van der Waals surface area contributed by atoms with Gasteiger partial charge in [0.05, 0.1) is 17.8 Å². The lowest BCUT2D eigenvalue weighted by molar-refractivity contribution is -0.178. The summed E-state index contributed by atoms with van der Waals surface area (Å²) in [6, 6.07) is 3.83. The lowest BCUT2D eigenvalue weighted by Gasteiger charge is -2.41. The maximum absolute atomic E-state index is 14.0. The Kier molecular flexibility index (Phi) is 6.89. The van der Waals surface area contributed by atoms with E-state index in [0.29, 0.717) is 9.92 Å². The zero-order valence-electron chi connectivity index (χ0n) is 16.6. The van der Waals surface area contributed by atoms with Crippen LogP contribution < -0.4 is 0 Å². The Morgan fingerprint density at radius 3 is 2.55 bits per heavy atom. The SMILES string of the molecule is N#Cc1c(F)cc(-c2cn(C3C(O)[C@@H](Sc4cncc(Cl)c4)OC(CO)[C@@H]3O)nn2)cc1F. The van der Waals surface area contributed by atoms with Crippen molar-refractivity contribution in [2.75, 3.05) is 6.61 Å². The Labute approximate surface area is 195 Å². The number of thioether (sulfide) groups is 1. The molecule has 1 saturated heterocycles. The summed E-state index contributed by atoms with van der Waals surface area (Å²) in [5.41, 5.74) is -1.59. The van der Waals surface area contributed by atoms with Crippen LogP contribution in [0.2, 0.25) is 5.02 Å². The van der Waals surface area contributed by atoms with Crippen molar-refractivity contribution < 1.29 is 28.8 Å². The van der Waals surface area contributed by atoms with Crippen LogP contribution in [0.1, 0.15) is 11.6 Å². The summed E-state index contributed by atoms with van der Waals surface area (Å²) in [5.74, 6) is -2.11. The van der Waals surface area contributed by atoms with E-state index >= 15 is 0 Å². The van der Waals surface area contributed by atoms with Crippen LogP contribution in [0.4, 0.5) is 8.78 Å². The highest BCUT2D eigenvalue weighted by Gasteiger charge is 2.46. The second-order valence-electron chi connectivity index (χ2n) is 7.16. The molecule has 3 N–H and O–H groups in total. The monoisotopic (exact) mass is 495 g/mol. The van der Waals surface area contributed by atoms with Gasteiger partial charge < -0.3 is 20.1 Å². The average molecular weight is 496 g/mol. The number of rotatable bonds is 5. The molecule has 3 unspecified atom stereocenters. The molecule has 33 heavy (non-hydrogen) atoms. The molecule has 0 aliphatic carbocycles. The van der Waals surface area contributed by atoms with Crippen molar-refractivity contribution in [2.45, 2.75) is 34.7 Å². The van der Waals surface area contributed by atoms with Gasteiger partial charge in [-0.2, -0.15) is 5.26 Å². The summed E-state index contributed by atoms with van der Waals surface area (Å²) in [4.78, 5) is 4.56. The molecule has 1 fully saturated rings. The van der Waals surface area contributed by atoms with E-state index in [2.05, 4.69) is 15.3 Å². The zero-order valence-corrected chi connectivity index (χ0v) is 18.2. The van der Waals surface area contributed by atoms with Gasteiger partial charge in [0.1, 0.15) is 58.8 Å². The summed E-state index contributed by atoms with van der Waals surface area (Å²) < 4.78 is 34.8. The van der Waals surface area contributed by atoms with Crippen LogP contribution in [0.3, 0.4) is 0 Å². The molecule has 9 nitrogen and oxygen atoms in total. The highest BCUT2D eigenvalue weighted by molar-refractivity contribution is 7.99. The summed E-state index contributed by atoms with van der Waals surface area (Å²) in [6.07, 6.45) is 0.500. The molecule has 4 rings (SSSR count). The molecular formula is C20H16ClF2N5O4S. The van der Waals surface area contributed by atoms with Crippen molar-refractivity contribution in [3.63, 3.8) is 0 Å². The lowest BCUT2D eigenvalue weighted by atomic mass is 9.97. The highest BCUT2D eigenvalue weighted by Crippen LogP contribution is 2.38. The van der Waals surface area contributed by atoms with Crippen molar-refractivity contribution >= 4 is 23.4 Å². The number of aromatic nitrogens is 4. The van der Waals surface area contributed by atoms with Gasteiger partial charge in [-0.05, 0) is 18.2 Å². The number of pyridine rings is 1. The van der Waals surface area contributed by atoms with Gasteiger partial charge in [0.25, 0.3) is 0 Å². The van der Waals surface area contributed by atoms with Crippen LogP contribution >= 0.6 is 23.4 Å². The average Bonchev–Trinajstić information content (AvgIpc) is 3.25. The van der Waals surface area contributed by atoms with E-state index in [1.165, 1.54) is 24.7 Å². The van der Waals surface area contributed by atoms with E-state index < -0.39 is 53.6 Å². The summed E-state index contributed by atoms with van der Waals surface area (Å²) in [6.45, 7) is -0.539. The Morgan fingerprint density at radius 2 is 1.91 bits per heavy atom. The maximum atomic E-state index is 14.0. The minimum Gasteiger partial charge on any atom is -0.394 e. The van der Waals surface area contributed by atoms with Gasteiger partial charge in [0, 0.05) is 22.9 Å². The third kappa shape index (κ3) is 4.70. The van der Waals surface area contributed by atoms with Gasteiger partial charge in [-0.15, -0.1) is 5.10 Å². The molecule has 0 saturated carbocycles. The third-order valence-corrected chi connectivity index (χ3v) is 6.37. The second kappa shape index (κ2) is 9.68. The quantitative estimate of drug-likeness (QED) is 0.484. The smallest absolute Gasteiger partial charge is 0.144 e. The highest BCUT2D eigenvalue weighted by atomic mass is 35.5. The number of hydrogen-bond donors (Lipinski definition) is 3. The number of nitrogens with zero attached hydrogens (tertiary/aromatic N) is 5. The van der Waals surface area contributed by atoms with Crippen LogP contribution in [0, 0.1) is 23.0 Å². The molecule has 2 aromatic heterocycles. The molecule has 3 aromatic rings. The van der Waals surface area contributed by atoms with E-state index in [-0.39, 0.29) is 11.3 Å². The Bertz CT molecular complexity index is 1190. The topological polar surface area (TPSA) is 137 Å². The summed E-state index contributed by atoms with van der Waals surface area (Å²) in [7, 11) is 0. The first-order valence-electron chi connectivity index (χ1n) is 9.53. The van der Waals surface area contributed by atoms with E-state index in [0.717, 1.165) is 28.6 Å². The molecule has 0 spiro atoms. The minimum atomic E-state index is -1.37. The molecule has 13 heteroatoms. The number of nitriles is 1. The molecule has 0 bridgehead atoms. The van der Waals surface area contributed by atoms with Crippen molar-refractivity contribution in [3.05, 3.63) is 59.0 Å². The molecule has 0 amide bonds. The van der Waals surface area contributed by atoms with Gasteiger partial charge in [-0.3, -0.25) is 4.98 Å². The van der Waals surface area contributed by atoms with Crippen LogP contribution in [0.25, 0.3) is 11.3 Å². The van der Waals surface area contributed by atoms with Gasteiger partial charge in [0.2, 0.25) is 0 Å². The minimum absolute atomic E-state index is 0.0147. The van der Waals surface area contributed by atoms with E-state index in [4.69, 9.17) is 21.6 Å². The third-order valence-electron chi connectivity index (χ3n) is 5.05. The van der Waals surface area contributed by atoms with Crippen molar-refractivity contribution in [3.8, 4) is 17.3 Å². The molecular weight excluding hydrogens is 480 g/mol. The van der Waals surface area contributed by atoms with Crippen molar-refractivity contribution in [2.24, 2.45) is 0 Å². The second-order valence-corrected chi connectivity index (χ2v) is 8.77. The fourth-order valence-corrected chi connectivity index (χ4v) is 4.77. The van der Waals surface area contributed by atoms with E-state index in [9.17, 15) is 24.1 Å². The number of aliphatic hydroxyl groups is 3. The Hall–Kier alpha value is -2.66. The first-order valence-corrected chi connectivity index (χ1v) is 10.8. The summed E-state index contributed by atoms with van der Waals surface area (Å²) in [5, 5.41) is 48.3. The number of halogens is 3. The van der Waals surface area contributed by atoms with E-state index in [1.807, 2.05) is 0 Å². The number of aliphatic hydroxyl groups excluding tert-OH is 3. The molecule has 1 aliphatic rings. The first-order chi connectivity index (χ1) is 15.8. The predicted octanol–water partition coefficient (Wildman–Crippen LogP) is 1.92. The van der Waals surface area contributed by atoms with Crippen molar-refractivity contribution in [1.29, 1.82) is 5.26 Å². The molecule has 3 heterocycles. The number of benzene rings is 1. The van der Waals surface area contributed by atoms with Crippen LogP contribution in [-0.2, 0) is 4.74 Å². The summed E-state index contributed by atoms with van der Waals surface area (Å²) >= 11 is 7.04. The Balaban J connectivity index is 1.64. The normalized spacial score (nSPS) is 25.1. The standard InChI is InChI=1S/C20H16ClF2N5O4S/c21-10-3-11(6-25-5-10)33-20-19(31)17(18(30)16(8-29)32-20)28-7-15(26-27-28)9-1-13(22)12(4-24)14(23)2-9/h1-3,5-7,16-20,29-31H,8H2/t16?,17?,18-,19?,20+/m0/s1. The molecule has 5 atom stereocenters. The fourth-order valence-electron chi connectivity index (χ4n) is 3.45. The number of ether oxygens (including phenoxy) is 1. The lowest BCUT2D eigenvalue weighted by Crippen LogP contribution is -2.55. The molecule has 172 valence electrons.